The first-order chi connectivity index (χ1) is 9.71. The van der Waals surface area contributed by atoms with E-state index in [0.29, 0.717) is 24.0 Å². The predicted molar refractivity (Wildman–Crippen MR) is 101 cm³/mol. The first-order valence-electron chi connectivity index (χ1n) is 6.45. The topological polar surface area (TPSA) is 68.9 Å². The average Bonchev–Trinajstić information content (AvgIpc) is 2.49. The molecule has 0 bridgehead atoms. The van der Waals surface area contributed by atoms with Gasteiger partial charge in [-0.25, -0.2) is 4.99 Å². The molecule has 3 N–H and O–H groups in total. The molecule has 0 aliphatic heterocycles. The molecule has 0 unspecified atom stereocenters. The number of rotatable bonds is 8. The second-order valence-electron chi connectivity index (χ2n) is 4.16. The van der Waals surface area contributed by atoms with Crippen molar-refractivity contribution in [3.05, 3.63) is 23.8 Å². The third kappa shape index (κ3) is 7.66. The molecule has 0 radical (unpaired) electrons. The Morgan fingerprint density at radius 3 is 2.62 bits per heavy atom. The lowest BCUT2D eigenvalue weighted by Crippen LogP contribution is -2.32. The fourth-order valence-corrected chi connectivity index (χ4v) is 2.08. The Balaban J connectivity index is 0.00000400. The summed E-state index contributed by atoms with van der Waals surface area (Å²) < 4.78 is 10.4. The van der Waals surface area contributed by atoms with Gasteiger partial charge in [-0.1, -0.05) is 6.07 Å². The maximum atomic E-state index is 5.81. The number of thioether (sulfide) groups is 1. The van der Waals surface area contributed by atoms with E-state index in [9.17, 15) is 0 Å². The molecule has 1 aromatic carbocycles. The Bertz CT molecular complexity index is 444. The van der Waals surface area contributed by atoms with Gasteiger partial charge < -0.3 is 20.5 Å². The van der Waals surface area contributed by atoms with E-state index in [0.717, 1.165) is 24.3 Å². The summed E-state index contributed by atoms with van der Waals surface area (Å²) in [5.74, 6) is 3.01. The van der Waals surface area contributed by atoms with Gasteiger partial charge >= 0.3 is 0 Å². The number of halogens is 1. The number of nitrogens with two attached hydrogens (primary N) is 1. The van der Waals surface area contributed by atoms with Gasteiger partial charge in [0.15, 0.2) is 17.5 Å². The summed E-state index contributed by atoms with van der Waals surface area (Å²) in [7, 11) is 3.23. The van der Waals surface area contributed by atoms with Crippen LogP contribution >= 0.6 is 35.7 Å². The molecule has 0 heterocycles. The SMILES string of the molecule is COc1ccc(CN=C(N)NCCCSC)cc1OC.I. The monoisotopic (exact) mass is 425 g/mol. The van der Waals surface area contributed by atoms with Crippen LogP contribution in [0.15, 0.2) is 23.2 Å². The first kappa shape index (κ1) is 20.2. The molecule has 0 saturated heterocycles. The molecule has 0 spiro atoms. The number of methoxy groups -OCH3 is 2. The van der Waals surface area contributed by atoms with Crippen molar-refractivity contribution in [1.82, 2.24) is 5.32 Å². The number of guanidine groups is 1. The summed E-state index contributed by atoms with van der Waals surface area (Å²) in [4.78, 5) is 4.30. The molecule has 1 rings (SSSR count). The van der Waals surface area contributed by atoms with Crippen LogP contribution in [0.3, 0.4) is 0 Å². The van der Waals surface area contributed by atoms with Crippen LogP contribution in [0.25, 0.3) is 0 Å². The minimum atomic E-state index is 0. The van der Waals surface area contributed by atoms with Gasteiger partial charge in [-0.2, -0.15) is 11.8 Å². The number of aliphatic imine (C=N–C) groups is 1. The van der Waals surface area contributed by atoms with E-state index in [1.165, 1.54) is 0 Å². The van der Waals surface area contributed by atoms with Crippen LogP contribution in [0.1, 0.15) is 12.0 Å². The summed E-state index contributed by atoms with van der Waals surface area (Å²) in [6.07, 6.45) is 3.17. The van der Waals surface area contributed by atoms with E-state index >= 15 is 0 Å². The lowest BCUT2D eigenvalue weighted by atomic mass is 10.2. The highest BCUT2D eigenvalue weighted by molar-refractivity contribution is 14.0. The zero-order valence-corrected chi connectivity index (χ0v) is 15.9. The number of benzene rings is 1. The van der Waals surface area contributed by atoms with Crippen molar-refractivity contribution < 1.29 is 9.47 Å². The number of hydrogen-bond donors (Lipinski definition) is 2. The van der Waals surface area contributed by atoms with Crippen LogP contribution in [-0.2, 0) is 6.54 Å². The Kier molecular flexibility index (Phi) is 11.3. The zero-order chi connectivity index (χ0) is 14.8. The molecule has 0 saturated carbocycles. The van der Waals surface area contributed by atoms with Crippen LogP contribution in [-0.4, -0.2) is 38.7 Å². The normalized spacial score (nSPS) is 10.7. The minimum Gasteiger partial charge on any atom is -0.493 e. The average molecular weight is 425 g/mol. The maximum absolute atomic E-state index is 5.81. The van der Waals surface area contributed by atoms with Crippen LogP contribution in [0.5, 0.6) is 11.5 Å². The fraction of sp³-hybridized carbons (Fsp3) is 0.500. The second kappa shape index (κ2) is 11.8. The van der Waals surface area contributed by atoms with Crippen molar-refractivity contribution in [1.29, 1.82) is 0 Å². The van der Waals surface area contributed by atoms with Gasteiger partial charge in [0, 0.05) is 6.54 Å². The van der Waals surface area contributed by atoms with Gasteiger partial charge in [0.2, 0.25) is 0 Å². The van der Waals surface area contributed by atoms with Gasteiger partial charge in [0.25, 0.3) is 0 Å². The van der Waals surface area contributed by atoms with E-state index in [1.54, 1.807) is 14.2 Å². The second-order valence-corrected chi connectivity index (χ2v) is 5.15. The molecule has 0 atom stereocenters. The molecule has 0 fully saturated rings. The van der Waals surface area contributed by atoms with E-state index < -0.39 is 0 Å². The van der Waals surface area contributed by atoms with Crippen LogP contribution in [0.2, 0.25) is 0 Å². The lowest BCUT2D eigenvalue weighted by molar-refractivity contribution is 0.354. The Labute approximate surface area is 148 Å². The van der Waals surface area contributed by atoms with Crippen LogP contribution < -0.4 is 20.5 Å². The number of nitrogens with one attached hydrogen (secondary N) is 1. The highest BCUT2D eigenvalue weighted by Crippen LogP contribution is 2.27. The molecule has 7 heteroatoms. The molecular formula is C14H24IN3O2S. The van der Waals surface area contributed by atoms with Crippen molar-refractivity contribution in [3.8, 4) is 11.5 Å². The lowest BCUT2D eigenvalue weighted by Gasteiger charge is -2.09. The quantitative estimate of drug-likeness (QED) is 0.290. The molecule has 21 heavy (non-hydrogen) atoms. The van der Waals surface area contributed by atoms with E-state index in [1.807, 2.05) is 30.0 Å². The zero-order valence-electron chi connectivity index (χ0n) is 12.7. The first-order valence-corrected chi connectivity index (χ1v) is 7.84. The fourth-order valence-electron chi connectivity index (χ4n) is 1.64. The summed E-state index contributed by atoms with van der Waals surface area (Å²) in [6.45, 7) is 1.36. The van der Waals surface area contributed by atoms with E-state index in [2.05, 4.69) is 16.6 Å². The molecule has 5 nitrogen and oxygen atoms in total. The molecule has 1 aromatic rings. The van der Waals surface area contributed by atoms with Gasteiger partial charge in [-0.15, -0.1) is 24.0 Å². The van der Waals surface area contributed by atoms with Gasteiger partial charge in [-0.05, 0) is 36.1 Å². The smallest absolute Gasteiger partial charge is 0.188 e. The molecule has 0 aliphatic rings. The largest absolute Gasteiger partial charge is 0.493 e. The van der Waals surface area contributed by atoms with Crippen LogP contribution in [0, 0.1) is 0 Å². The highest BCUT2D eigenvalue weighted by atomic mass is 127. The Morgan fingerprint density at radius 1 is 1.29 bits per heavy atom. The van der Waals surface area contributed by atoms with Crippen molar-refractivity contribution in [2.75, 3.05) is 32.8 Å². The van der Waals surface area contributed by atoms with E-state index in [-0.39, 0.29) is 24.0 Å². The molecule has 0 amide bonds. The molecule has 120 valence electrons. The molecular weight excluding hydrogens is 401 g/mol. The summed E-state index contributed by atoms with van der Waals surface area (Å²) in [6, 6.07) is 5.72. The van der Waals surface area contributed by atoms with Gasteiger partial charge in [0.1, 0.15) is 0 Å². The number of ether oxygens (including phenoxy) is 2. The predicted octanol–water partition coefficient (Wildman–Crippen LogP) is 2.48. The minimum absolute atomic E-state index is 0. The van der Waals surface area contributed by atoms with E-state index in [4.69, 9.17) is 15.2 Å². The summed E-state index contributed by atoms with van der Waals surface area (Å²) in [5.41, 5.74) is 6.83. The molecule has 0 aromatic heterocycles. The number of nitrogens with zero attached hydrogens (tertiary/aromatic N) is 1. The van der Waals surface area contributed by atoms with Crippen molar-refractivity contribution in [3.63, 3.8) is 0 Å². The third-order valence-corrected chi connectivity index (χ3v) is 3.41. The summed E-state index contributed by atoms with van der Waals surface area (Å²) >= 11 is 1.82. The van der Waals surface area contributed by atoms with Gasteiger partial charge in [0.05, 0.1) is 20.8 Å². The van der Waals surface area contributed by atoms with Crippen molar-refractivity contribution in [2.24, 2.45) is 10.7 Å². The standard InChI is InChI=1S/C14H23N3O2S.HI/c1-18-12-6-5-11(9-13(12)19-2)10-17-14(15)16-7-4-8-20-3;/h5-6,9H,4,7-8,10H2,1-3H3,(H3,15,16,17);1H. The van der Waals surface area contributed by atoms with Gasteiger partial charge in [-0.3, -0.25) is 0 Å². The molecule has 0 aliphatic carbocycles. The summed E-state index contributed by atoms with van der Waals surface area (Å²) in [5, 5.41) is 3.10. The number of hydrogen-bond acceptors (Lipinski definition) is 4. The van der Waals surface area contributed by atoms with Crippen LogP contribution in [0.4, 0.5) is 0 Å². The Morgan fingerprint density at radius 2 is 2.00 bits per heavy atom. The maximum Gasteiger partial charge on any atom is 0.188 e. The highest BCUT2D eigenvalue weighted by Gasteiger charge is 2.04. The third-order valence-electron chi connectivity index (χ3n) is 2.71. The van der Waals surface area contributed by atoms with Crippen molar-refractivity contribution in [2.45, 2.75) is 13.0 Å². The Hall–Kier alpha value is -0.830. The van der Waals surface area contributed by atoms with Crippen molar-refractivity contribution >= 4 is 41.7 Å².